The second-order valence-corrected chi connectivity index (χ2v) is 16.9. The molecule has 4 aromatic heterocycles. The Bertz CT molecular complexity index is 1920. The zero-order chi connectivity index (χ0) is 31.0. The van der Waals surface area contributed by atoms with E-state index in [9.17, 15) is 14.6 Å². The van der Waals surface area contributed by atoms with Gasteiger partial charge in [0.05, 0.1) is 18.9 Å². The highest BCUT2D eigenvalue weighted by Gasteiger charge is 2.52. The normalized spacial score (nSPS) is 36.6. The monoisotopic (exact) mass is 709 g/mol. The largest absolute Gasteiger partial charge is 0.397 e. The summed E-state index contributed by atoms with van der Waals surface area (Å²) in [6.45, 7) is -8.81. The summed E-state index contributed by atoms with van der Waals surface area (Å²) >= 11 is 11.8. The quantitative estimate of drug-likeness (QED) is 0.172. The van der Waals surface area contributed by atoms with Crippen LogP contribution in [-0.4, -0.2) is 97.7 Å². The van der Waals surface area contributed by atoms with Crippen LogP contribution >= 0.6 is 25.2 Å². The Hall–Kier alpha value is -2.27. The minimum absolute atomic E-state index is 0.0654. The highest BCUT2D eigenvalue weighted by Crippen LogP contribution is 2.56. The first-order valence-electron chi connectivity index (χ1n) is 12.7. The van der Waals surface area contributed by atoms with Gasteiger partial charge in [-0.25, -0.2) is 14.1 Å². The first-order valence-corrected chi connectivity index (χ1v) is 18.8. The standard InChI is InChI=1S/C19H22FN11O8P2S3/c20-10-13-9(37-17(10)30-14-11(26-28-30)7(21)1-2-23-14)5-36-40(33,42)38-8-3-6(4-35-41(34,43)39-13)44-18(8)31-15-12(27-29-31)16(32)25-19(22)24-15/h1-2,6,8-10,13,17-18H,3-5H2,(H2,21,23)(H,33,42)(H,34,43)(H3,22,24,25,32)/t6-,8+,9+,10-,13+,17+,18+,40?,41?/m0/s1. The molecule has 236 valence electrons. The summed E-state index contributed by atoms with van der Waals surface area (Å²) in [4.78, 5) is 45.0. The van der Waals surface area contributed by atoms with Crippen molar-refractivity contribution in [3.8, 4) is 0 Å². The fourth-order valence-electron chi connectivity index (χ4n) is 5.08. The lowest BCUT2D eigenvalue weighted by Gasteiger charge is -2.27. The number of ether oxygens (including phenoxy) is 1. The van der Waals surface area contributed by atoms with E-state index in [-0.39, 0.29) is 47.0 Å². The van der Waals surface area contributed by atoms with Crippen molar-refractivity contribution < 1.29 is 37.0 Å². The molecule has 3 saturated heterocycles. The molecule has 3 aliphatic rings. The third-order valence-electron chi connectivity index (χ3n) is 6.99. The maximum Gasteiger partial charge on any atom is 0.325 e. The van der Waals surface area contributed by atoms with Gasteiger partial charge in [-0.1, -0.05) is 10.4 Å². The smallest absolute Gasteiger partial charge is 0.325 e. The van der Waals surface area contributed by atoms with Crippen molar-refractivity contribution >= 4 is 82.8 Å². The van der Waals surface area contributed by atoms with Gasteiger partial charge in [-0.05, 0) is 36.1 Å². The third kappa shape index (κ3) is 5.54. The van der Waals surface area contributed by atoms with Crippen LogP contribution in [0.1, 0.15) is 18.0 Å². The molecular weight excluding hydrogens is 687 g/mol. The van der Waals surface area contributed by atoms with Crippen molar-refractivity contribution in [1.29, 1.82) is 0 Å². The van der Waals surface area contributed by atoms with Crippen LogP contribution in [0.4, 0.5) is 16.0 Å². The number of nitrogens with two attached hydrogens (primary N) is 2. The molecule has 0 aliphatic carbocycles. The molecule has 4 aromatic rings. The molecule has 0 saturated carbocycles. The Morgan fingerprint density at radius 1 is 1.05 bits per heavy atom. The van der Waals surface area contributed by atoms with Crippen molar-refractivity contribution in [2.45, 2.75) is 47.8 Å². The minimum atomic E-state index is -4.08. The van der Waals surface area contributed by atoms with Gasteiger partial charge in [0, 0.05) is 11.4 Å². The number of aromatic nitrogens is 9. The first-order chi connectivity index (χ1) is 20.9. The highest BCUT2D eigenvalue weighted by atomic mass is 32.5. The van der Waals surface area contributed by atoms with Crippen LogP contribution < -0.4 is 17.0 Å². The number of pyridine rings is 1. The van der Waals surface area contributed by atoms with Crippen LogP contribution in [0.25, 0.3) is 22.3 Å². The molecule has 0 aromatic carbocycles. The van der Waals surface area contributed by atoms with Gasteiger partial charge in [-0.15, -0.1) is 22.0 Å². The van der Waals surface area contributed by atoms with Crippen molar-refractivity contribution in [1.82, 2.24) is 44.9 Å². The summed E-state index contributed by atoms with van der Waals surface area (Å²) in [7, 11) is 0. The summed E-state index contributed by atoms with van der Waals surface area (Å²) < 4.78 is 47.1. The number of anilines is 2. The lowest BCUT2D eigenvalue weighted by Crippen LogP contribution is -2.34. The second-order valence-electron chi connectivity index (χ2n) is 9.90. The summed E-state index contributed by atoms with van der Waals surface area (Å²) in [6, 6.07) is 1.51. The molecule has 3 fully saturated rings. The molecule has 2 bridgehead atoms. The number of halogens is 1. The second kappa shape index (κ2) is 11.2. The van der Waals surface area contributed by atoms with Gasteiger partial charge in [-0.3, -0.25) is 14.3 Å². The summed E-state index contributed by atoms with van der Waals surface area (Å²) in [6.07, 6.45) is -5.48. The molecule has 0 spiro atoms. The Balaban J connectivity index is 1.19. The van der Waals surface area contributed by atoms with Gasteiger partial charge in [0.15, 0.2) is 34.7 Å². The fourth-order valence-corrected chi connectivity index (χ4v) is 9.63. The van der Waals surface area contributed by atoms with Gasteiger partial charge in [0.1, 0.15) is 23.7 Å². The van der Waals surface area contributed by atoms with Crippen molar-refractivity contribution in [2.24, 2.45) is 0 Å². The van der Waals surface area contributed by atoms with Crippen molar-refractivity contribution in [3.05, 3.63) is 22.6 Å². The Morgan fingerprint density at radius 2 is 1.77 bits per heavy atom. The van der Waals surface area contributed by atoms with E-state index in [1.807, 2.05) is 0 Å². The SMILES string of the molecule is Nc1nc2c(nnn2[C@@H]2S[C@@H]3COP(O)(=S)O[C@H]4[C@H](F)[C@H](n5nnc6c(N)ccnc65)O[C@@H]4COP(O)(=S)O[C@@H]2C3)c(=O)[nH]1. The van der Waals surface area contributed by atoms with Crippen molar-refractivity contribution in [3.63, 3.8) is 0 Å². The van der Waals surface area contributed by atoms with Gasteiger partial charge < -0.3 is 39.6 Å². The number of aromatic amines is 1. The number of thioether (sulfide) groups is 1. The van der Waals surface area contributed by atoms with Gasteiger partial charge in [-0.2, -0.15) is 9.67 Å². The van der Waals surface area contributed by atoms with E-state index in [1.165, 1.54) is 28.7 Å². The third-order valence-corrected chi connectivity index (χ3v) is 11.6. The van der Waals surface area contributed by atoms with E-state index < -0.39 is 66.9 Å². The number of nitrogen functional groups attached to an aromatic ring is 2. The molecule has 44 heavy (non-hydrogen) atoms. The Morgan fingerprint density at radius 3 is 2.59 bits per heavy atom. The van der Waals surface area contributed by atoms with E-state index in [0.29, 0.717) is 0 Å². The van der Waals surface area contributed by atoms with Crippen LogP contribution in [0.15, 0.2) is 17.1 Å². The molecule has 9 atom stereocenters. The molecule has 7 heterocycles. The van der Waals surface area contributed by atoms with E-state index in [4.69, 9.17) is 57.9 Å². The van der Waals surface area contributed by atoms with Gasteiger partial charge in [0.2, 0.25) is 5.95 Å². The summed E-state index contributed by atoms with van der Waals surface area (Å²) in [5.41, 5.74) is 11.7. The topological polar surface area (TPSA) is 259 Å². The highest BCUT2D eigenvalue weighted by molar-refractivity contribution is 8.07. The average Bonchev–Trinajstić information content (AvgIpc) is 3.72. The van der Waals surface area contributed by atoms with Crippen molar-refractivity contribution in [2.75, 3.05) is 24.7 Å². The van der Waals surface area contributed by atoms with E-state index >= 15 is 4.39 Å². The molecule has 0 radical (unpaired) electrons. The number of fused-ring (bicyclic) bond motifs is 5. The summed E-state index contributed by atoms with van der Waals surface area (Å²) in [5.74, 6) is -0.156. The molecular formula is C19H22FN11O8P2S3. The lowest BCUT2D eigenvalue weighted by molar-refractivity contribution is -0.0488. The Kier molecular flexibility index (Phi) is 7.74. The van der Waals surface area contributed by atoms with Gasteiger partial charge >= 0.3 is 13.4 Å². The molecule has 19 nitrogen and oxygen atoms in total. The number of nitrogens with one attached hydrogen (secondary N) is 1. The number of nitrogens with zero attached hydrogens (tertiary/aromatic N) is 8. The minimum Gasteiger partial charge on any atom is -0.397 e. The van der Waals surface area contributed by atoms with Crippen LogP contribution in [-0.2, 0) is 46.4 Å². The number of H-pyrrole nitrogens is 1. The molecule has 0 amide bonds. The van der Waals surface area contributed by atoms with Crippen LogP contribution in [0.3, 0.4) is 0 Å². The number of rotatable bonds is 2. The number of hydrogen-bond acceptors (Lipinski definition) is 17. The zero-order valence-electron chi connectivity index (χ0n) is 21.9. The number of alkyl halides is 1. The molecule has 7 N–H and O–H groups in total. The molecule has 3 aliphatic heterocycles. The van der Waals surface area contributed by atoms with Gasteiger partial charge in [0.25, 0.3) is 5.56 Å². The predicted molar refractivity (Wildman–Crippen MR) is 159 cm³/mol. The van der Waals surface area contributed by atoms with Crippen LogP contribution in [0, 0.1) is 0 Å². The average molecular weight is 710 g/mol. The molecule has 7 rings (SSSR count). The fraction of sp³-hybridized carbons (Fsp3) is 0.526. The van der Waals surface area contributed by atoms with E-state index in [2.05, 4.69) is 35.6 Å². The summed E-state index contributed by atoms with van der Waals surface area (Å²) in [5, 5.41) is 14.7. The Labute approximate surface area is 259 Å². The van der Waals surface area contributed by atoms with E-state index in [0.717, 1.165) is 4.68 Å². The maximum absolute atomic E-state index is 16.0. The van der Waals surface area contributed by atoms with Crippen LogP contribution in [0.2, 0.25) is 0 Å². The maximum atomic E-state index is 16.0. The molecule has 2 unspecified atom stereocenters. The number of hydrogen-bond donors (Lipinski definition) is 5. The molecule has 25 heteroatoms. The lowest BCUT2D eigenvalue weighted by atomic mass is 10.1. The van der Waals surface area contributed by atoms with E-state index in [1.54, 1.807) is 0 Å². The van der Waals surface area contributed by atoms with Crippen LogP contribution in [0.5, 0.6) is 0 Å². The zero-order valence-corrected chi connectivity index (χ0v) is 26.1. The predicted octanol–water partition coefficient (Wildman–Crippen LogP) is 0.00930. The first kappa shape index (κ1) is 30.4.